The molecule has 1 atom stereocenters. The molecule has 0 saturated carbocycles. The molecular formula is C18H30N2O4. The van der Waals surface area contributed by atoms with Crippen LogP contribution in [0.1, 0.15) is 19.4 Å². The molecule has 1 aliphatic heterocycles. The molecule has 6 heteroatoms. The Balaban J connectivity index is 1.62. The molecule has 1 aromatic rings. The molecule has 1 heterocycles. The first-order valence-electron chi connectivity index (χ1n) is 8.35. The molecule has 1 aliphatic rings. The molecule has 136 valence electrons. The Morgan fingerprint density at radius 2 is 2.04 bits per heavy atom. The summed E-state index contributed by atoms with van der Waals surface area (Å²) in [5, 5.41) is 13.3. The van der Waals surface area contributed by atoms with Crippen LogP contribution in [-0.4, -0.2) is 63.2 Å². The molecule has 0 radical (unpaired) electrons. The van der Waals surface area contributed by atoms with Crippen molar-refractivity contribution in [3.05, 3.63) is 23.8 Å². The van der Waals surface area contributed by atoms with Gasteiger partial charge in [0.1, 0.15) is 0 Å². The van der Waals surface area contributed by atoms with Gasteiger partial charge in [0.05, 0.1) is 19.3 Å². The third-order valence-electron chi connectivity index (χ3n) is 3.74. The SMILES string of the molecule is CN(C)CC(C)(C)CNCC(O)COCc1ccc2c(c1)OCO2. The maximum atomic E-state index is 10.0. The zero-order valence-corrected chi connectivity index (χ0v) is 15.2. The predicted octanol–water partition coefficient (Wildman–Crippen LogP) is 1.47. The van der Waals surface area contributed by atoms with Gasteiger partial charge in [-0.05, 0) is 37.2 Å². The Labute approximate surface area is 144 Å². The number of aliphatic hydroxyl groups excluding tert-OH is 1. The van der Waals surface area contributed by atoms with E-state index in [1.165, 1.54) is 0 Å². The number of hydrogen-bond donors (Lipinski definition) is 2. The van der Waals surface area contributed by atoms with Gasteiger partial charge < -0.3 is 29.5 Å². The first-order chi connectivity index (χ1) is 11.4. The molecule has 0 aliphatic carbocycles. The lowest BCUT2D eigenvalue weighted by molar-refractivity contribution is 0.0276. The average molecular weight is 338 g/mol. The van der Waals surface area contributed by atoms with Crippen LogP contribution in [0.4, 0.5) is 0 Å². The van der Waals surface area contributed by atoms with Crippen molar-refractivity contribution in [1.82, 2.24) is 10.2 Å². The van der Waals surface area contributed by atoms with Crippen molar-refractivity contribution in [2.75, 3.05) is 47.1 Å². The maximum absolute atomic E-state index is 10.0. The molecule has 2 N–H and O–H groups in total. The van der Waals surface area contributed by atoms with Crippen LogP contribution in [0.3, 0.4) is 0 Å². The van der Waals surface area contributed by atoms with Crippen molar-refractivity contribution < 1.29 is 19.3 Å². The number of hydrogen-bond acceptors (Lipinski definition) is 6. The fourth-order valence-corrected chi connectivity index (χ4v) is 2.89. The monoisotopic (exact) mass is 338 g/mol. The van der Waals surface area contributed by atoms with Gasteiger partial charge in [-0.3, -0.25) is 0 Å². The van der Waals surface area contributed by atoms with Gasteiger partial charge in [-0.2, -0.15) is 0 Å². The predicted molar refractivity (Wildman–Crippen MR) is 93.4 cm³/mol. The summed E-state index contributed by atoms with van der Waals surface area (Å²) in [4.78, 5) is 2.17. The average Bonchev–Trinajstić information content (AvgIpc) is 2.93. The summed E-state index contributed by atoms with van der Waals surface area (Å²) in [6, 6.07) is 5.74. The Hall–Kier alpha value is -1.34. The summed E-state index contributed by atoms with van der Waals surface area (Å²) in [5.74, 6) is 1.52. The fourth-order valence-electron chi connectivity index (χ4n) is 2.89. The molecule has 0 bridgehead atoms. The normalized spacial score (nSPS) is 15.1. The van der Waals surface area contributed by atoms with E-state index in [2.05, 4.69) is 38.2 Å². The zero-order chi connectivity index (χ0) is 17.6. The second-order valence-corrected chi connectivity index (χ2v) is 7.39. The van der Waals surface area contributed by atoms with Crippen LogP contribution in [0.15, 0.2) is 18.2 Å². The summed E-state index contributed by atoms with van der Waals surface area (Å²) in [7, 11) is 4.14. The highest BCUT2D eigenvalue weighted by molar-refractivity contribution is 5.44. The topological polar surface area (TPSA) is 63.2 Å². The summed E-state index contributed by atoms with van der Waals surface area (Å²) in [6.07, 6.45) is -0.519. The molecule has 0 fully saturated rings. The largest absolute Gasteiger partial charge is 0.454 e. The molecular weight excluding hydrogens is 308 g/mol. The molecule has 1 unspecified atom stereocenters. The second kappa shape index (κ2) is 8.67. The quantitative estimate of drug-likeness (QED) is 0.674. The highest BCUT2D eigenvalue weighted by Gasteiger charge is 2.19. The van der Waals surface area contributed by atoms with Gasteiger partial charge in [-0.25, -0.2) is 0 Å². The second-order valence-electron chi connectivity index (χ2n) is 7.39. The van der Waals surface area contributed by atoms with E-state index in [0.29, 0.717) is 19.8 Å². The Morgan fingerprint density at radius 3 is 2.79 bits per heavy atom. The zero-order valence-electron chi connectivity index (χ0n) is 15.2. The van der Waals surface area contributed by atoms with E-state index in [9.17, 15) is 5.11 Å². The lowest BCUT2D eigenvalue weighted by atomic mass is 9.93. The van der Waals surface area contributed by atoms with Crippen molar-refractivity contribution in [3.8, 4) is 11.5 Å². The molecule has 2 rings (SSSR count). The van der Waals surface area contributed by atoms with Crippen molar-refractivity contribution in [3.63, 3.8) is 0 Å². The summed E-state index contributed by atoms with van der Waals surface area (Å²) in [6.45, 7) is 7.81. The lowest BCUT2D eigenvalue weighted by Crippen LogP contribution is -2.40. The van der Waals surface area contributed by atoms with Crippen LogP contribution in [0.25, 0.3) is 0 Å². The number of fused-ring (bicyclic) bond motifs is 1. The molecule has 0 spiro atoms. The van der Waals surface area contributed by atoms with Gasteiger partial charge in [-0.1, -0.05) is 19.9 Å². The number of aliphatic hydroxyl groups is 1. The van der Waals surface area contributed by atoms with Crippen LogP contribution in [0.2, 0.25) is 0 Å². The van der Waals surface area contributed by atoms with E-state index in [0.717, 1.165) is 30.2 Å². The van der Waals surface area contributed by atoms with Crippen LogP contribution >= 0.6 is 0 Å². The smallest absolute Gasteiger partial charge is 0.231 e. The standard InChI is InChI=1S/C18H30N2O4/c1-18(2,12-20(3)4)11-19-8-15(21)10-22-9-14-5-6-16-17(7-14)24-13-23-16/h5-7,15,19,21H,8-13H2,1-4H3. The van der Waals surface area contributed by atoms with Crippen molar-refractivity contribution >= 4 is 0 Å². The van der Waals surface area contributed by atoms with Crippen molar-refractivity contribution in [2.24, 2.45) is 5.41 Å². The third kappa shape index (κ3) is 6.28. The van der Waals surface area contributed by atoms with E-state index < -0.39 is 6.10 Å². The molecule has 0 amide bonds. The van der Waals surface area contributed by atoms with E-state index in [1.54, 1.807) is 0 Å². The van der Waals surface area contributed by atoms with Crippen molar-refractivity contribution in [1.29, 1.82) is 0 Å². The summed E-state index contributed by atoms with van der Waals surface area (Å²) >= 11 is 0. The lowest BCUT2D eigenvalue weighted by Gasteiger charge is -2.29. The Morgan fingerprint density at radius 1 is 1.29 bits per heavy atom. The minimum atomic E-state index is -0.519. The van der Waals surface area contributed by atoms with E-state index in [1.807, 2.05) is 18.2 Å². The molecule has 1 aromatic carbocycles. The van der Waals surface area contributed by atoms with Gasteiger partial charge in [0.25, 0.3) is 0 Å². The molecule has 24 heavy (non-hydrogen) atoms. The van der Waals surface area contributed by atoms with Crippen LogP contribution in [0.5, 0.6) is 11.5 Å². The number of benzene rings is 1. The highest BCUT2D eigenvalue weighted by Crippen LogP contribution is 2.32. The first-order valence-corrected chi connectivity index (χ1v) is 8.35. The van der Waals surface area contributed by atoms with E-state index >= 15 is 0 Å². The van der Waals surface area contributed by atoms with Crippen LogP contribution in [0, 0.1) is 5.41 Å². The first kappa shape index (κ1) is 19.0. The van der Waals surface area contributed by atoms with Gasteiger partial charge in [0.15, 0.2) is 11.5 Å². The van der Waals surface area contributed by atoms with Gasteiger partial charge in [-0.15, -0.1) is 0 Å². The van der Waals surface area contributed by atoms with Gasteiger partial charge >= 0.3 is 0 Å². The highest BCUT2D eigenvalue weighted by atomic mass is 16.7. The third-order valence-corrected chi connectivity index (χ3v) is 3.74. The number of rotatable bonds is 10. The number of nitrogens with one attached hydrogen (secondary N) is 1. The summed E-state index contributed by atoms with van der Waals surface area (Å²) < 4.78 is 16.2. The van der Waals surface area contributed by atoms with Crippen LogP contribution in [-0.2, 0) is 11.3 Å². The molecule has 0 aromatic heterocycles. The summed E-state index contributed by atoms with van der Waals surface area (Å²) in [5.41, 5.74) is 1.17. The minimum absolute atomic E-state index is 0.163. The maximum Gasteiger partial charge on any atom is 0.231 e. The Bertz CT molecular complexity index is 520. The minimum Gasteiger partial charge on any atom is -0.454 e. The number of ether oxygens (including phenoxy) is 3. The van der Waals surface area contributed by atoms with Gasteiger partial charge in [0.2, 0.25) is 6.79 Å². The molecule has 6 nitrogen and oxygen atoms in total. The van der Waals surface area contributed by atoms with Crippen LogP contribution < -0.4 is 14.8 Å². The molecule has 0 saturated heterocycles. The van der Waals surface area contributed by atoms with Gasteiger partial charge in [0, 0.05) is 19.6 Å². The number of nitrogens with zero attached hydrogens (tertiary/aromatic N) is 1. The van der Waals surface area contributed by atoms with E-state index in [4.69, 9.17) is 14.2 Å². The van der Waals surface area contributed by atoms with Crippen molar-refractivity contribution in [2.45, 2.75) is 26.6 Å². The van der Waals surface area contributed by atoms with E-state index in [-0.39, 0.29) is 12.2 Å². The fraction of sp³-hybridized carbons (Fsp3) is 0.667. The Kier molecular flexibility index (Phi) is 6.86.